The number of methoxy groups -OCH3 is 1. The first-order valence-corrected chi connectivity index (χ1v) is 10.2. The summed E-state index contributed by atoms with van der Waals surface area (Å²) in [5.41, 5.74) is 3.06. The summed E-state index contributed by atoms with van der Waals surface area (Å²) in [5, 5.41) is 4.04. The minimum absolute atomic E-state index is 0.0419. The molecule has 2 heterocycles. The average Bonchev–Trinajstić information content (AvgIpc) is 3.17. The molecule has 0 radical (unpaired) electrons. The summed E-state index contributed by atoms with van der Waals surface area (Å²) >= 11 is 0. The average molecular weight is 408 g/mol. The maximum absolute atomic E-state index is 13.3. The Morgan fingerprint density at radius 1 is 1.13 bits per heavy atom. The summed E-state index contributed by atoms with van der Waals surface area (Å²) in [7, 11) is 1.61. The number of aryl methyl sites for hydroxylation is 1. The minimum atomic E-state index is -0.212. The van der Waals surface area contributed by atoms with Crippen LogP contribution in [0.3, 0.4) is 0 Å². The van der Waals surface area contributed by atoms with Crippen LogP contribution in [0, 0.1) is 18.7 Å². The lowest BCUT2D eigenvalue weighted by molar-refractivity contribution is 0.0690. The molecule has 0 aliphatic carbocycles. The number of ether oxygens (including phenoxy) is 1. The van der Waals surface area contributed by atoms with Gasteiger partial charge in [0.2, 0.25) is 0 Å². The van der Waals surface area contributed by atoms with Gasteiger partial charge in [0, 0.05) is 18.7 Å². The number of halogens is 1. The Balaban J connectivity index is 1.44. The molecule has 1 aliphatic heterocycles. The van der Waals surface area contributed by atoms with Crippen molar-refractivity contribution in [1.29, 1.82) is 0 Å². The van der Waals surface area contributed by atoms with Gasteiger partial charge in [0.15, 0.2) is 5.76 Å². The lowest BCUT2D eigenvalue weighted by atomic mass is 9.90. The van der Waals surface area contributed by atoms with Crippen molar-refractivity contribution in [1.82, 2.24) is 10.1 Å². The van der Waals surface area contributed by atoms with E-state index >= 15 is 0 Å². The van der Waals surface area contributed by atoms with E-state index in [1.54, 1.807) is 14.0 Å². The number of likely N-dealkylation sites (tertiary alicyclic amines) is 1. The molecule has 3 aromatic rings. The molecule has 1 amide bonds. The first kappa shape index (κ1) is 20.1. The fourth-order valence-corrected chi connectivity index (χ4v) is 4.01. The van der Waals surface area contributed by atoms with Gasteiger partial charge in [0.05, 0.1) is 12.8 Å². The number of piperidine rings is 1. The van der Waals surface area contributed by atoms with Crippen molar-refractivity contribution in [2.24, 2.45) is 5.92 Å². The van der Waals surface area contributed by atoms with Crippen LogP contribution in [0.15, 0.2) is 53.1 Å². The highest BCUT2D eigenvalue weighted by atomic mass is 19.1. The van der Waals surface area contributed by atoms with Crippen LogP contribution in [0.4, 0.5) is 4.39 Å². The number of carbonyl (C=O) groups excluding carboxylic acids is 1. The fraction of sp³-hybridized carbons (Fsp3) is 0.333. The number of aromatic nitrogens is 1. The van der Waals surface area contributed by atoms with E-state index in [0.29, 0.717) is 36.0 Å². The number of hydrogen-bond acceptors (Lipinski definition) is 4. The zero-order chi connectivity index (χ0) is 21.1. The molecule has 1 fully saturated rings. The minimum Gasteiger partial charge on any atom is -0.497 e. The molecule has 4 rings (SSSR count). The van der Waals surface area contributed by atoms with Crippen LogP contribution in [-0.2, 0) is 6.42 Å². The first-order valence-electron chi connectivity index (χ1n) is 10.2. The molecule has 6 heteroatoms. The summed E-state index contributed by atoms with van der Waals surface area (Å²) in [4.78, 5) is 15.1. The monoisotopic (exact) mass is 408 g/mol. The predicted octanol–water partition coefficient (Wildman–Crippen LogP) is 4.89. The molecule has 0 bridgehead atoms. The smallest absolute Gasteiger partial charge is 0.259 e. The number of benzene rings is 2. The van der Waals surface area contributed by atoms with E-state index in [-0.39, 0.29) is 11.7 Å². The molecule has 0 unspecified atom stereocenters. The first-order chi connectivity index (χ1) is 14.5. The van der Waals surface area contributed by atoms with Gasteiger partial charge in [-0.1, -0.05) is 17.3 Å². The van der Waals surface area contributed by atoms with Gasteiger partial charge in [-0.05, 0) is 74.1 Å². The van der Waals surface area contributed by atoms with E-state index in [1.807, 2.05) is 41.3 Å². The Kier molecular flexibility index (Phi) is 5.84. The zero-order valence-corrected chi connectivity index (χ0v) is 17.2. The van der Waals surface area contributed by atoms with E-state index in [1.165, 1.54) is 12.1 Å². The van der Waals surface area contributed by atoms with Gasteiger partial charge in [-0.15, -0.1) is 0 Å². The van der Waals surface area contributed by atoms with Crippen LogP contribution in [0.2, 0.25) is 0 Å². The van der Waals surface area contributed by atoms with Crippen molar-refractivity contribution in [3.63, 3.8) is 0 Å². The number of rotatable bonds is 5. The summed E-state index contributed by atoms with van der Waals surface area (Å²) in [6, 6.07) is 14.1. The number of carbonyl (C=O) groups is 1. The molecule has 0 N–H and O–H groups in total. The SMILES string of the molecule is COc1ccc(-c2onc(C)c2C(=O)N2CCC(Cc3ccc(F)cc3)CC2)cc1. The Labute approximate surface area is 175 Å². The van der Waals surface area contributed by atoms with Crippen LogP contribution in [-0.4, -0.2) is 36.2 Å². The molecule has 1 aromatic heterocycles. The van der Waals surface area contributed by atoms with Gasteiger partial charge < -0.3 is 14.2 Å². The highest BCUT2D eigenvalue weighted by Crippen LogP contribution is 2.30. The third kappa shape index (κ3) is 4.22. The van der Waals surface area contributed by atoms with Crippen LogP contribution in [0.5, 0.6) is 5.75 Å². The molecule has 156 valence electrons. The second-order valence-corrected chi connectivity index (χ2v) is 7.77. The van der Waals surface area contributed by atoms with Crippen molar-refractivity contribution in [3.05, 3.63) is 71.2 Å². The summed E-state index contributed by atoms with van der Waals surface area (Å²) in [6.45, 7) is 3.18. The fourth-order valence-electron chi connectivity index (χ4n) is 4.01. The van der Waals surface area contributed by atoms with E-state index in [9.17, 15) is 9.18 Å². The summed E-state index contributed by atoms with van der Waals surface area (Å²) < 4.78 is 23.8. The third-order valence-electron chi connectivity index (χ3n) is 5.77. The predicted molar refractivity (Wildman–Crippen MR) is 112 cm³/mol. The number of hydrogen-bond donors (Lipinski definition) is 0. The molecule has 2 aromatic carbocycles. The number of nitrogens with zero attached hydrogens (tertiary/aromatic N) is 2. The lowest BCUT2D eigenvalue weighted by Gasteiger charge is -2.32. The van der Waals surface area contributed by atoms with Gasteiger partial charge in [0.25, 0.3) is 5.91 Å². The second-order valence-electron chi connectivity index (χ2n) is 7.77. The van der Waals surface area contributed by atoms with Crippen molar-refractivity contribution >= 4 is 5.91 Å². The van der Waals surface area contributed by atoms with E-state index in [4.69, 9.17) is 9.26 Å². The Morgan fingerprint density at radius 3 is 2.43 bits per heavy atom. The molecule has 0 saturated carbocycles. The maximum Gasteiger partial charge on any atom is 0.259 e. The summed E-state index contributed by atoms with van der Waals surface area (Å²) in [6.07, 6.45) is 2.75. The van der Waals surface area contributed by atoms with Crippen molar-refractivity contribution < 1.29 is 18.4 Å². The van der Waals surface area contributed by atoms with Gasteiger partial charge in [-0.2, -0.15) is 0 Å². The molecule has 0 atom stereocenters. The largest absolute Gasteiger partial charge is 0.497 e. The standard InChI is InChI=1S/C24H25FN2O3/c1-16-22(23(30-26-16)19-5-9-21(29-2)10-6-19)24(28)27-13-11-18(12-14-27)15-17-3-7-20(25)8-4-17/h3-10,18H,11-15H2,1-2H3. The topological polar surface area (TPSA) is 55.6 Å². The lowest BCUT2D eigenvalue weighted by Crippen LogP contribution is -2.39. The molecule has 0 spiro atoms. The maximum atomic E-state index is 13.3. The van der Waals surface area contributed by atoms with Crippen LogP contribution in [0.1, 0.15) is 34.5 Å². The molecule has 5 nitrogen and oxygen atoms in total. The molecule has 1 aliphatic rings. The van der Waals surface area contributed by atoms with E-state index in [0.717, 1.165) is 36.1 Å². The van der Waals surface area contributed by atoms with Crippen molar-refractivity contribution in [3.8, 4) is 17.1 Å². The van der Waals surface area contributed by atoms with E-state index in [2.05, 4.69) is 5.16 Å². The van der Waals surface area contributed by atoms with Crippen LogP contribution < -0.4 is 4.74 Å². The highest BCUT2D eigenvalue weighted by molar-refractivity contribution is 6.00. The van der Waals surface area contributed by atoms with Gasteiger partial charge in [0.1, 0.15) is 17.1 Å². The second kappa shape index (κ2) is 8.69. The van der Waals surface area contributed by atoms with Crippen molar-refractivity contribution in [2.45, 2.75) is 26.2 Å². The van der Waals surface area contributed by atoms with Gasteiger partial charge in [-0.3, -0.25) is 4.79 Å². The number of amides is 1. The third-order valence-corrected chi connectivity index (χ3v) is 5.77. The Morgan fingerprint density at radius 2 is 1.80 bits per heavy atom. The van der Waals surface area contributed by atoms with Gasteiger partial charge >= 0.3 is 0 Å². The molecule has 1 saturated heterocycles. The molecular weight excluding hydrogens is 383 g/mol. The van der Waals surface area contributed by atoms with Crippen molar-refractivity contribution in [2.75, 3.05) is 20.2 Å². The molecule has 30 heavy (non-hydrogen) atoms. The van der Waals surface area contributed by atoms with Crippen LogP contribution in [0.25, 0.3) is 11.3 Å². The zero-order valence-electron chi connectivity index (χ0n) is 17.2. The Bertz CT molecular complexity index is 1000. The quantitative estimate of drug-likeness (QED) is 0.603. The molecular formula is C24H25FN2O3. The highest BCUT2D eigenvalue weighted by Gasteiger charge is 2.29. The van der Waals surface area contributed by atoms with E-state index < -0.39 is 0 Å². The normalized spacial score (nSPS) is 14.7. The van der Waals surface area contributed by atoms with Crippen LogP contribution >= 0.6 is 0 Å². The summed E-state index contributed by atoms with van der Waals surface area (Å²) in [5.74, 6) is 1.47. The Hall–Kier alpha value is -3.15. The van der Waals surface area contributed by atoms with Gasteiger partial charge in [-0.25, -0.2) is 4.39 Å².